The van der Waals surface area contributed by atoms with Crippen molar-refractivity contribution >= 4 is 35.8 Å². The van der Waals surface area contributed by atoms with E-state index >= 15 is 0 Å². The standard InChI is InChI=1S/C12H18O9.C4H7NO4/c1-3-6(9(15)16)12(4-2,11(19)20)21-7(10(17)18)5-8(13)14;5-2(4(8)9)1-3(6)7/h6-7H,3-5H2,1-2H3,(H,13,14)(H,15,16)(H,17,18)(H,19,20);2H,1,5H2,(H,6,7)(H,8,9). The van der Waals surface area contributed by atoms with E-state index in [2.05, 4.69) is 0 Å². The molecule has 0 rings (SSSR count). The zero-order chi connectivity index (χ0) is 24.2. The molecular weight excluding hydrogens is 414 g/mol. The predicted molar refractivity (Wildman–Crippen MR) is 94.7 cm³/mol. The molecule has 0 bridgehead atoms. The summed E-state index contributed by atoms with van der Waals surface area (Å²) in [7, 11) is 0. The Balaban J connectivity index is 0. The summed E-state index contributed by atoms with van der Waals surface area (Å²) in [6.45, 7) is 2.75. The van der Waals surface area contributed by atoms with Gasteiger partial charge in [0, 0.05) is 0 Å². The van der Waals surface area contributed by atoms with Gasteiger partial charge in [0.1, 0.15) is 6.04 Å². The minimum atomic E-state index is -2.31. The maximum Gasteiger partial charge on any atom is 0.336 e. The predicted octanol–water partition coefficient (Wildman–Crippen LogP) is -0.852. The molecule has 172 valence electrons. The Labute approximate surface area is 169 Å². The first-order valence-electron chi connectivity index (χ1n) is 8.44. The summed E-state index contributed by atoms with van der Waals surface area (Å²) in [4.78, 5) is 63.9. The Morgan fingerprint density at radius 2 is 1.27 bits per heavy atom. The highest BCUT2D eigenvalue weighted by Crippen LogP contribution is 2.32. The Morgan fingerprint density at radius 1 is 0.800 bits per heavy atom. The van der Waals surface area contributed by atoms with Crippen LogP contribution in [0.3, 0.4) is 0 Å². The zero-order valence-electron chi connectivity index (χ0n) is 16.2. The Morgan fingerprint density at radius 3 is 1.47 bits per heavy atom. The van der Waals surface area contributed by atoms with Crippen molar-refractivity contribution in [3.63, 3.8) is 0 Å². The molecule has 0 spiro atoms. The number of ether oxygens (including phenoxy) is 1. The van der Waals surface area contributed by atoms with Crippen LogP contribution >= 0.6 is 0 Å². The molecule has 0 aromatic carbocycles. The van der Waals surface area contributed by atoms with Gasteiger partial charge in [-0.2, -0.15) is 0 Å². The van der Waals surface area contributed by atoms with Crippen molar-refractivity contribution in [3.05, 3.63) is 0 Å². The lowest BCUT2D eigenvalue weighted by Gasteiger charge is -2.35. The minimum Gasteiger partial charge on any atom is -0.481 e. The second-order valence-corrected chi connectivity index (χ2v) is 5.93. The van der Waals surface area contributed by atoms with Crippen LogP contribution in [0.15, 0.2) is 0 Å². The van der Waals surface area contributed by atoms with Crippen molar-refractivity contribution in [2.75, 3.05) is 0 Å². The van der Waals surface area contributed by atoms with Gasteiger partial charge in [0.25, 0.3) is 0 Å². The molecule has 8 N–H and O–H groups in total. The molecule has 0 aliphatic heterocycles. The van der Waals surface area contributed by atoms with Gasteiger partial charge in [0.15, 0.2) is 11.7 Å². The SMILES string of the molecule is CCC(C(=O)O)C(CC)(OC(CC(=O)O)C(=O)O)C(=O)O.NC(CC(=O)O)C(=O)O. The van der Waals surface area contributed by atoms with Gasteiger partial charge in [-0.3, -0.25) is 19.2 Å². The van der Waals surface area contributed by atoms with E-state index in [0.29, 0.717) is 0 Å². The molecule has 0 saturated carbocycles. The summed E-state index contributed by atoms with van der Waals surface area (Å²) < 4.78 is 4.97. The first-order valence-corrected chi connectivity index (χ1v) is 8.44. The number of carboxylic acid groups (broad SMARTS) is 6. The van der Waals surface area contributed by atoms with Gasteiger partial charge in [-0.1, -0.05) is 13.8 Å². The lowest BCUT2D eigenvalue weighted by molar-refractivity contribution is -0.201. The van der Waals surface area contributed by atoms with E-state index in [4.69, 9.17) is 36.0 Å². The molecule has 0 radical (unpaired) electrons. The van der Waals surface area contributed by atoms with E-state index in [1.165, 1.54) is 13.8 Å². The van der Waals surface area contributed by atoms with Crippen LogP contribution in [0.2, 0.25) is 0 Å². The normalized spacial score (nSPS) is 15.3. The summed E-state index contributed by atoms with van der Waals surface area (Å²) in [6.07, 6.45) is -3.90. The summed E-state index contributed by atoms with van der Waals surface area (Å²) in [5.74, 6) is -10.3. The van der Waals surface area contributed by atoms with Crippen LogP contribution in [0.1, 0.15) is 39.5 Å². The third-order valence-corrected chi connectivity index (χ3v) is 3.86. The molecule has 0 fully saturated rings. The monoisotopic (exact) mass is 439 g/mol. The van der Waals surface area contributed by atoms with Crippen LogP contribution in [-0.2, 0) is 33.5 Å². The van der Waals surface area contributed by atoms with Gasteiger partial charge < -0.3 is 41.1 Å². The van der Waals surface area contributed by atoms with Gasteiger partial charge in [-0.05, 0) is 12.8 Å². The number of hydrogen-bond donors (Lipinski definition) is 7. The average Bonchev–Trinajstić information content (AvgIpc) is 2.59. The molecular formula is C16H25NO13. The quantitative estimate of drug-likeness (QED) is 0.184. The maximum atomic E-state index is 11.5. The van der Waals surface area contributed by atoms with Crippen LogP contribution < -0.4 is 5.73 Å². The zero-order valence-corrected chi connectivity index (χ0v) is 16.2. The molecule has 14 nitrogen and oxygen atoms in total. The molecule has 0 aromatic heterocycles. The van der Waals surface area contributed by atoms with E-state index in [1.54, 1.807) is 0 Å². The fourth-order valence-corrected chi connectivity index (χ4v) is 2.33. The van der Waals surface area contributed by atoms with Gasteiger partial charge >= 0.3 is 35.8 Å². The number of rotatable bonds is 13. The Hall–Kier alpha value is -3.26. The number of carboxylic acids is 6. The van der Waals surface area contributed by atoms with Gasteiger partial charge in [0.2, 0.25) is 0 Å². The highest BCUT2D eigenvalue weighted by molar-refractivity contribution is 5.87. The van der Waals surface area contributed by atoms with Crippen LogP contribution in [0.4, 0.5) is 0 Å². The molecule has 0 aliphatic carbocycles. The van der Waals surface area contributed by atoms with Crippen molar-refractivity contribution in [2.24, 2.45) is 11.7 Å². The van der Waals surface area contributed by atoms with Crippen molar-refractivity contribution < 1.29 is 64.1 Å². The van der Waals surface area contributed by atoms with Crippen LogP contribution in [-0.4, -0.2) is 84.2 Å². The second kappa shape index (κ2) is 13.1. The Bertz CT molecular complexity index is 662. The van der Waals surface area contributed by atoms with Crippen molar-refractivity contribution in [3.8, 4) is 0 Å². The van der Waals surface area contributed by atoms with E-state index < -0.39 is 72.3 Å². The smallest absolute Gasteiger partial charge is 0.336 e. The number of aliphatic carboxylic acids is 6. The second-order valence-electron chi connectivity index (χ2n) is 5.93. The summed E-state index contributed by atoms with van der Waals surface area (Å²) in [5, 5.41) is 52.0. The molecule has 0 heterocycles. The third kappa shape index (κ3) is 9.29. The van der Waals surface area contributed by atoms with E-state index in [9.17, 15) is 33.9 Å². The van der Waals surface area contributed by atoms with E-state index in [1.807, 2.05) is 0 Å². The van der Waals surface area contributed by atoms with Crippen LogP contribution in [0, 0.1) is 5.92 Å². The van der Waals surface area contributed by atoms with E-state index in [-0.39, 0.29) is 12.8 Å². The van der Waals surface area contributed by atoms with Gasteiger partial charge in [-0.25, -0.2) is 9.59 Å². The Kier molecular flexibility index (Phi) is 12.6. The molecule has 0 saturated heterocycles. The summed E-state index contributed by atoms with van der Waals surface area (Å²) >= 11 is 0. The number of nitrogens with two attached hydrogens (primary N) is 1. The van der Waals surface area contributed by atoms with Crippen molar-refractivity contribution in [2.45, 2.75) is 57.3 Å². The van der Waals surface area contributed by atoms with Crippen LogP contribution in [0.25, 0.3) is 0 Å². The molecule has 4 atom stereocenters. The molecule has 4 unspecified atom stereocenters. The fraction of sp³-hybridized carbons (Fsp3) is 0.625. The molecule has 30 heavy (non-hydrogen) atoms. The minimum absolute atomic E-state index is 0.116. The first-order chi connectivity index (χ1) is 13.7. The van der Waals surface area contributed by atoms with Crippen molar-refractivity contribution in [1.82, 2.24) is 0 Å². The molecule has 0 aromatic rings. The van der Waals surface area contributed by atoms with Crippen molar-refractivity contribution in [1.29, 1.82) is 0 Å². The fourth-order valence-electron chi connectivity index (χ4n) is 2.33. The molecule has 0 aliphatic rings. The summed E-state index contributed by atoms with van der Waals surface area (Å²) in [6, 6.07) is -1.29. The van der Waals surface area contributed by atoms with Gasteiger partial charge in [-0.15, -0.1) is 0 Å². The largest absolute Gasteiger partial charge is 0.481 e. The summed E-state index contributed by atoms with van der Waals surface area (Å²) in [5.41, 5.74) is 2.53. The van der Waals surface area contributed by atoms with Crippen LogP contribution in [0.5, 0.6) is 0 Å². The maximum absolute atomic E-state index is 11.5. The first kappa shape index (κ1) is 28.9. The third-order valence-electron chi connectivity index (χ3n) is 3.86. The van der Waals surface area contributed by atoms with E-state index in [0.717, 1.165) is 0 Å². The molecule has 14 heteroatoms. The topological polar surface area (TPSA) is 259 Å². The van der Waals surface area contributed by atoms with Gasteiger partial charge in [0.05, 0.1) is 18.8 Å². The lowest BCUT2D eigenvalue weighted by Crippen LogP contribution is -2.54. The highest BCUT2D eigenvalue weighted by Gasteiger charge is 2.51. The highest BCUT2D eigenvalue weighted by atomic mass is 16.6. The average molecular weight is 439 g/mol. The molecule has 0 amide bonds. The lowest BCUT2D eigenvalue weighted by atomic mass is 9.82. The number of carbonyl (C=O) groups is 6. The number of hydrogen-bond acceptors (Lipinski definition) is 8.